The highest BCUT2D eigenvalue weighted by Crippen LogP contribution is 2.11. The lowest BCUT2D eigenvalue weighted by molar-refractivity contribution is -0.136. The molecule has 0 saturated heterocycles. The number of carboxylic acid groups (broad SMARTS) is 1. The van der Waals surface area contributed by atoms with Gasteiger partial charge in [-0.3, -0.25) is 9.48 Å². The van der Waals surface area contributed by atoms with Gasteiger partial charge in [-0.2, -0.15) is 5.10 Å². The largest absolute Gasteiger partial charge is 0.481 e. The third kappa shape index (κ3) is 3.81. The summed E-state index contributed by atoms with van der Waals surface area (Å²) in [7, 11) is -1.78. The molecule has 0 atom stereocenters. The summed E-state index contributed by atoms with van der Waals surface area (Å²) < 4.78 is 27.1. The number of carboxylic acids is 1. The third-order valence-corrected chi connectivity index (χ3v) is 4.04. The van der Waals surface area contributed by atoms with Crippen molar-refractivity contribution < 1.29 is 18.3 Å². The summed E-state index contributed by atoms with van der Waals surface area (Å²) in [6.45, 7) is 3.78. The Bertz CT molecular complexity index is 548. The zero-order chi connectivity index (χ0) is 13.9. The summed E-state index contributed by atoms with van der Waals surface area (Å²) in [4.78, 5) is 10.3. The number of aryl methyl sites for hydroxylation is 2. The van der Waals surface area contributed by atoms with Gasteiger partial charge in [0.15, 0.2) is 0 Å². The molecular weight excluding hydrogens is 258 g/mol. The van der Waals surface area contributed by atoms with E-state index >= 15 is 0 Å². The Morgan fingerprint density at radius 2 is 2.06 bits per heavy atom. The van der Waals surface area contributed by atoms with Crippen molar-refractivity contribution in [3.8, 4) is 0 Å². The van der Waals surface area contributed by atoms with Crippen LogP contribution in [0.3, 0.4) is 0 Å². The molecule has 1 aromatic rings. The predicted molar refractivity (Wildman–Crippen MR) is 65.6 cm³/mol. The second-order valence-corrected chi connectivity index (χ2v) is 5.98. The van der Waals surface area contributed by atoms with E-state index in [1.54, 1.807) is 18.7 Å². The van der Waals surface area contributed by atoms with Crippen LogP contribution in [0.2, 0.25) is 0 Å². The number of nitrogens with zero attached hydrogens (tertiary/aromatic N) is 2. The van der Waals surface area contributed by atoms with Crippen molar-refractivity contribution in [1.82, 2.24) is 14.5 Å². The van der Waals surface area contributed by atoms with Crippen LogP contribution in [0.1, 0.15) is 23.4 Å². The molecule has 1 rings (SSSR count). The highest BCUT2D eigenvalue weighted by atomic mass is 32.2. The maximum absolute atomic E-state index is 11.5. The molecule has 0 spiro atoms. The molecule has 18 heavy (non-hydrogen) atoms. The summed E-state index contributed by atoms with van der Waals surface area (Å²) >= 11 is 0. The molecule has 0 aromatic carbocycles. The highest BCUT2D eigenvalue weighted by Gasteiger charge is 2.15. The van der Waals surface area contributed by atoms with Crippen molar-refractivity contribution in [2.75, 3.05) is 5.75 Å². The van der Waals surface area contributed by atoms with Crippen LogP contribution >= 0.6 is 0 Å². The van der Waals surface area contributed by atoms with Crippen LogP contribution in [-0.4, -0.2) is 35.0 Å². The molecule has 0 unspecified atom stereocenters. The Morgan fingerprint density at radius 1 is 1.44 bits per heavy atom. The van der Waals surface area contributed by atoms with E-state index in [0.29, 0.717) is 0 Å². The SMILES string of the molecule is Cc1nn(C)c(C)c1CNS(=O)(=O)CCC(=O)O. The molecule has 0 fully saturated rings. The van der Waals surface area contributed by atoms with Gasteiger partial charge in [0.1, 0.15) is 0 Å². The lowest BCUT2D eigenvalue weighted by atomic mass is 10.2. The third-order valence-electron chi connectivity index (χ3n) is 2.71. The summed E-state index contributed by atoms with van der Waals surface area (Å²) in [6.07, 6.45) is -0.402. The van der Waals surface area contributed by atoms with Crippen LogP contribution in [0.4, 0.5) is 0 Å². The Morgan fingerprint density at radius 3 is 2.50 bits per heavy atom. The fourth-order valence-corrected chi connectivity index (χ4v) is 2.50. The van der Waals surface area contributed by atoms with E-state index < -0.39 is 28.2 Å². The van der Waals surface area contributed by atoms with Gasteiger partial charge in [-0.05, 0) is 13.8 Å². The second-order valence-electron chi connectivity index (χ2n) is 4.06. The number of hydrogen-bond donors (Lipinski definition) is 2. The van der Waals surface area contributed by atoms with Crippen LogP contribution in [0.15, 0.2) is 0 Å². The van der Waals surface area contributed by atoms with Crippen LogP contribution in [0.25, 0.3) is 0 Å². The Kier molecular flexibility index (Phi) is 4.47. The monoisotopic (exact) mass is 275 g/mol. The smallest absolute Gasteiger partial charge is 0.304 e. The molecule has 8 heteroatoms. The topological polar surface area (TPSA) is 101 Å². The number of rotatable bonds is 6. The number of sulfonamides is 1. The number of carbonyl (C=O) groups is 1. The lowest BCUT2D eigenvalue weighted by Gasteiger charge is -2.06. The van der Waals surface area contributed by atoms with E-state index in [1.165, 1.54) is 0 Å². The van der Waals surface area contributed by atoms with Gasteiger partial charge in [-0.1, -0.05) is 0 Å². The van der Waals surface area contributed by atoms with Crippen molar-refractivity contribution in [2.24, 2.45) is 7.05 Å². The minimum atomic E-state index is -3.57. The highest BCUT2D eigenvalue weighted by molar-refractivity contribution is 7.89. The second kappa shape index (κ2) is 5.49. The molecule has 1 aromatic heterocycles. The van der Waals surface area contributed by atoms with Crippen molar-refractivity contribution in [3.05, 3.63) is 17.0 Å². The van der Waals surface area contributed by atoms with Gasteiger partial charge >= 0.3 is 5.97 Å². The normalized spacial score (nSPS) is 11.7. The summed E-state index contributed by atoms with van der Waals surface area (Å²) in [6, 6.07) is 0. The van der Waals surface area contributed by atoms with Gasteiger partial charge in [0.2, 0.25) is 10.0 Å². The zero-order valence-corrected chi connectivity index (χ0v) is 11.4. The van der Waals surface area contributed by atoms with E-state index in [0.717, 1.165) is 17.0 Å². The molecule has 2 N–H and O–H groups in total. The zero-order valence-electron chi connectivity index (χ0n) is 10.6. The van der Waals surface area contributed by atoms with Crippen molar-refractivity contribution in [3.63, 3.8) is 0 Å². The fraction of sp³-hybridized carbons (Fsp3) is 0.600. The fourth-order valence-electron chi connectivity index (χ4n) is 1.55. The standard InChI is InChI=1S/C10H17N3O4S/c1-7-9(8(2)13(3)12-7)6-11-18(16,17)5-4-10(14)15/h11H,4-6H2,1-3H3,(H,14,15). The quantitative estimate of drug-likeness (QED) is 0.757. The first-order chi connectivity index (χ1) is 8.23. The predicted octanol–water partition coefficient (Wildman–Crippen LogP) is -0.0690. The van der Waals surface area contributed by atoms with E-state index in [-0.39, 0.29) is 6.54 Å². The van der Waals surface area contributed by atoms with Crippen LogP contribution in [-0.2, 0) is 28.4 Å². The molecule has 0 aliphatic carbocycles. The van der Waals surface area contributed by atoms with Crippen LogP contribution in [0, 0.1) is 13.8 Å². The molecule has 0 aliphatic heterocycles. The van der Waals surface area contributed by atoms with E-state index in [2.05, 4.69) is 9.82 Å². The number of aromatic nitrogens is 2. The number of nitrogens with one attached hydrogen (secondary N) is 1. The molecule has 0 amide bonds. The summed E-state index contributed by atoms with van der Waals surface area (Å²) in [5, 5.41) is 12.6. The first-order valence-corrected chi connectivity index (χ1v) is 7.06. The summed E-state index contributed by atoms with van der Waals surface area (Å²) in [5.41, 5.74) is 2.46. The molecule has 1 heterocycles. The van der Waals surface area contributed by atoms with E-state index in [1.807, 2.05) is 6.92 Å². The van der Waals surface area contributed by atoms with Crippen molar-refractivity contribution in [1.29, 1.82) is 0 Å². The first kappa shape index (κ1) is 14.7. The first-order valence-electron chi connectivity index (χ1n) is 5.41. The summed E-state index contributed by atoms with van der Waals surface area (Å²) in [5.74, 6) is -1.55. The average molecular weight is 275 g/mol. The van der Waals surface area contributed by atoms with Crippen LogP contribution in [0.5, 0.6) is 0 Å². The molecule has 7 nitrogen and oxygen atoms in total. The van der Waals surface area contributed by atoms with Gasteiger partial charge in [0.25, 0.3) is 0 Å². The molecule has 0 saturated carbocycles. The Hall–Kier alpha value is -1.41. The van der Waals surface area contributed by atoms with Gasteiger partial charge < -0.3 is 5.11 Å². The van der Waals surface area contributed by atoms with Crippen molar-refractivity contribution >= 4 is 16.0 Å². The average Bonchev–Trinajstić information content (AvgIpc) is 2.49. The van der Waals surface area contributed by atoms with Gasteiger partial charge in [0.05, 0.1) is 17.9 Å². The molecule has 0 aliphatic rings. The van der Waals surface area contributed by atoms with Gasteiger partial charge in [-0.25, -0.2) is 13.1 Å². The number of aliphatic carboxylic acids is 1. The minimum absolute atomic E-state index is 0.132. The maximum atomic E-state index is 11.5. The van der Waals surface area contributed by atoms with Gasteiger partial charge in [-0.15, -0.1) is 0 Å². The van der Waals surface area contributed by atoms with Crippen LogP contribution < -0.4 is 4.72 Å². The number of hydrogen-bond acceptors (Lipinski definition) is 4. The Labute approximate surface area is 106 Å². The van der Waals surface area contributed by atoms with E-state index in [9.17, 15) is 13.2 Å². The van der Waals surface area contributed by atoms with E-state index in [4.69, 9.17) is 5.11 Å². The Balaban J connectivity index is 2.67. The van der Waals surface area contributed by atoms with Gasteiger partial charge in [0, 0.05) is 24.8 Å². The molecule has 0 radical (unpaired) electrons. The maximum Gasteiger partial charge on any atom is 0.304 e. The van der Waals surface area contributed by atoms with Crippen molar-refractivity contribution in [2.45, 2.75) is 26.8 Å². The molecule has 102 valence electrons. The lowest BCUT2D eigenvalue weighted by Crippen LogP contribution is -2.27. The minimum Gasteiger partial charge on any atom is -0.481 e. The molecular formula is C10H17N3O4S. The molecule has 0 bridgehead atoms.